The van der Waals surface area contributed by atoms with Gasteiger partial charge in [0.15, 0.2) is 17.3 Å². The highest BCUT2D eigenvalue weighted by Gasteiger charge is 2.32. The molecule has 0 bridgehead atoms. The number of para-hydroxylation sites is 1. The van der Waals surface area contributed by atoms with Gasteiger partial charge in [-0.05, 0) is 54.1 Å². The number of aromatic nitrogens is 4. The molecule has 0 amide bonds. The first-order chi connectivity index (χ1) is 15.5. The number of rotatable bonds is 7. The predicted molar refractivity (Wildman–Crippen MR) is 120 cm³/mol. The van der Waals surface area contributed by atoms with Crippen molar-refractivity contribution in [3.63, 3.8) is 0 Å². The van der Waals surface area contributed by atoms with Crippen molar-refractivity contribution in [1.29, 1.82) is 0 Å². The summed E-state index contributed by atoms with van der Waals surface area (Å²) in [6.07, 6.45) is 0. The van der Waals surface area contributed by atoms with Crippen molar-refractivity contribution in [3.8, 4) is 11.5 Å². The van der Waals surface area contributed by atoms with Crippen molar-refractivity contribution in [2.24, 2.45) is 0 Å². The highest BCUT2D eigenvalue weighted by Crippen LogP contribution is 2.35. The fourth-order valence-electron chi connectivity index (χ4n) is 4.22. The molecule has 1 atom stereocenters. The monoisotopic (exact) mass is 440 g/mol. The summed E-state index contributed by atoms with van der Waals surface area (Å²) in [5, 5.41) is 12.6. The summed E-state index contributed by atoms with van der Waals surface area (Å²) in [7, 11) is 3.25. The van der Waals surface area contributed by atoms with Crippen molar-refractivity contribution in [2.75, 3.05) is 45.3 Å². The number of benzene rings is 2. The Labute approximate surface area is 187 Å². The number of hydrogen-bond donors (Lipinski definition) is 0. The first-order valence-electron chi connectivity index (χ1n) is 10.8. The molecule has 9 heteroatoms. The van der Waals surface area contributed by atoms with E-state index < -0.39 is 0 Å². The van der Waals surface area contributed by atoms with Gasteiger partial charge in [-0.15, -0.1) is 5.10 Å². The summed E-state index contributed by atoms with van der Waals surface area (Å²) in [6.45, 7) is 6.99. The van der Waals surface area contributed by atoms with E-state index in [2.05, 4.69) is 39.2 Å². The smallest absolute Gasteiger partial charge is 0.173 e. The van der Waals surface area contributed by atoms with Crippen LogP contribution in [0.2, 0.25) is 0 Å². The van der Waals surface area contributed by atoms with Gasteiger partial charge in [0.25, 0.3) is 0 Å². The minimum Gasteiger partial charge on any atom is -0.493 e. The van der Waals surface area contributed by atoms with Gasteiger partial charge in [-0.2, -0.15) is 0 Å². The summed E-state index contributed by atoms with van der Waals surface area (Å²) in [5.74, 6) is 1.90. The van der Waals surface area contributed by atoms with E-state index in [1.165, 1.54) is 6.07 Å². The van der Waals surface area contributed by atoms with E-state index in [1.807, 2.05) is 35.0 Å². The van der Waals surface area contributed by atoms with E-state index in [-0.39, 0.29) is 17.9 Å². The van der Waals surface area contributed by atoms with Gasteiger partial charge in [-0.1, -0.05) is 18.2 Å². The van der Waals surface area contributed by atoms with Crippen LogP contribution in [0.1, 0.15) is 37.3 Å². The molecule has 0 spiro atoms. The number of nitrogens with zero attached hydrogens (tertiary/aromatic N) is 6. The van der Waals surface area contributed by atoms with Crippen LogP contribution in [0.25, 0.3) is 0 Å². The zero-order valence-corrected chi connectivity index (χ0v) is 18.9. The lowest BCUT2D eigenvalue weighted by molar-refractivity contribution is 0.198. The van der Waals surface area contributed by atoms with Gasteiger partial charge in [0.2, 0.25) is 0 Å². The largest absolute Gasteiger partial charge is 0.493 e. The third kappa shape index (κ3) is 4.25. The van der Waals surface area contributed by atoms with Gasteiger partial charge in [0.05, 0.1) is 32.0 Å². The lowest BCUT2D eigenvalue weighted by Crippen LogP contribution is -2.48. The summed E-state index contributed by atoms with van der Waals surface area (Å²) >= 11 is 0. The fraction of sp³-hybridized carbons (Fsp3) is 0.435. The van der Waals surface area contributed by atoms with Crippen molar-refractivity contribution in [2.45, 2.75) is 25.9 Å². The molecule has 4 rings (SSSR count). The highest BCUT2D eigenvalue weighted by molar-refractivity contribution is 5.48. The average Bonchev–Trinajstić information content (AvgIpc) is 3.30. The molecule has 1 aliphatic rings. The normalized spacial score (nSPS) is 15.8. The number of anilines is 1. The molecule has 32 heavy (non-hydrogen) atoms. The number of ether oxygens (including phenoxy) is 2. The molecule has 2 aromatic carbocycles. The Morgan fingerprint density at radius 2 is 1.66 bits per heavy atom. The van der Waals surface area contributed by atoms with Crippen molar-refractivity contribution in [3.05, 3.63) is 59.7 Å². The average molecular weight is 441 g/mol. The molecule has 0 radical (unpaired) electrons. The molecular formula is C23H29FN6O2. The number of methoxy groups -OCH3 is 2. The van der Waals surface area contributed by atoms with Crippen LogP contribution < -0.4 is 14.4 Å². The van der Waals surface area contributed by atoms with E-state index in [0.717, 1.165) is 24.5 Å². The van der Waals surface area contributed by atoms with Crippen LogP contribution in [0.3, 0.4) is 0 Å². The van der Waals surface area contributed by atoms with Crippen LogP contribution in [0.5, 0.6) is 11.5 Å². The van der Waals surface area contributed by atoms with Crippen LogP contribution in [0.15, 0.2) is 42.5 Å². The number of hydrogen-bond acceptors (Lipinski definition) is 7. The minimum atomic E-state index is -0.193. The first-order valence-corrected chi connectivity index (χ1v) is 10.8. The van der Waals surface area contributed by atoms with Crippen molar-refractivity contribution in [1.82, 2.24) is 25.1 Å². The lowest BCUT2D eigenvalue weighted by atomic mass is 10.0. The SMILES string of the molecule is COc1ccc([C@H](c2nnnn2C(C)C)N2CCN(c3ccccc3F)CC2)cc1OC. The number of halogens is 1. The van der Waals surface area contributed by atoms with E-state index in [0.29, 0.717) is 30.3 Å². The van der Waals surface area contributed by atoms with E-state index in [9.17, 15) is 4.39 Å². The third-order valence-electron chi connectivity index (χ3n) is 5.85. The van der Waals surface area contributed by atoms with Crippen LogP contribution in [0.4, 0.5) is 10.1 Å². The quantitative estimate of drug-likeness (QED) is 0.558. The topological polar surface area (TPSA) is 68.5 Å². The van der Waals surface area contributed by atoms with Crippen LogP contribution in [-0.2, 0) is 0 Å². The van der Waals surface area contributed by atoms with Crippen LogP contribution in [0, 0.1) is 5.82 Å². The van der Waals surface area contributed by atoms with E-state index >= 15 is 0 Å². The Hall–Kier alpha value is -3.20. The maximum Gasteiger partial charge on any atom is 0.173 e. The van der Waals surface area contributed by atoms with Crippen molar-refractivity contribution >= 4 is 5.69 Å². The second kappa shape index (κ2) is 9.52. The van der Waals surface area contributed by atoms with Gasteiger partial charge in [0, 0.05) is 26.2 Å². The molecule has 1 fully saturated rings. The molecule has 1 aromatic heterocycles. The molecule has 1 saturated heterocycles. The van der Waals surface area contributed by atoms with Gasteiger partial charge in [0.1, 0.15) is 5.82 Å². The Balaban J connectivity index is 1.67. The molecule has 170 valence electrons. The standard InChI is InChI=1S/C23H29FN6O2/c1-16(2)30-23(25-26-27-30)22(17-9-10-20(31-3)21(15-17)32-4)29-13-11-28(12-14-29)19-8-6-5-7-18(19)24/h5-10,15-16,22H,11-14H2,1-4H3/t22-/m1/s1. The van der Waals surface area contributed by atoms with Crippen LogP contribution >= 0.6 is 0 Å². The lowest BCUT2D eigenvalue weighted by Gasteiger charge is -2.40. The second-order valence-corrected chi connectivity index (χ2v) is 8.07. The van der Waals surface area contributed by atoms with Crippen LogP contribution in [-0.4, -0.2) is 65.5 Å². The second-order valence-electron chi connectivity index (χ2n) is 8.07. The molecule has 8 nitrogen and oxygen atoms in total. The summed E-state index contributed by atoms with van der Waals surface area (Å²) in [4.78, 5) is 4.42. The van der Waals surface area contributed by atoms with Gasteiger partial charge in [-0.3, -0.25) is 4.90 Å². The van der Waals surface area contributed by atoms with Gasteiger partial charge < -0.3 is 14.4 Å². The molecule has 2 heterocycles. The summed E-state index contributed by atoms with van der Waals surface area (Å²) < 4.78 is 27.1. The first kappa shape index (κ1) is 22.0. The molecular weight excluding hydrogens is 411 g/mol. The highest BCUT2D eigenvalue weighted by atomic mass is 19.1. The summed E-state index contributed by atoms with van der Waals surface area (Å²) in [6, 6.07) is 12.8. The minimum absolute atomic E-state index is 0.113. The molecule has 3 aromatic rings. The Kier molecular flexibility index (Phi) is 6.55. The van der Waals surface area contributed by atoms with Crippen molar-refractivity contribution < 1.29 is 13.9 Å². The molecule has 0 aliphatic carbocycles. The Morgan fingerprint density at radius 1 is 0.938 bits per heavy atom. The summed E-state index contributed by atoms with van der Waals surface area (Å²) in [5.41, 5.74) is 1.65. The maximum atomic E-state index is 14.3. The zero-order chi connectivity index (χ0) is 22.7. The predicted octanol–water partition coefficient (Wildman–Crippen LogP) is 3.32. The number of piperazine rings is 1. The Morgan fingerprint density at radius 3 is 2.31 bits per heavy atom. The fourth-order valence-corrected chi connectivity index (χ4v) is 4.22. The molecule has 0 N–H and O–H groups in total. The number of tetrazole rings is 1. The molecule has 0 saturated carbocycles. The van der Waals surface area contributed by atoms with Gasteiger partial charge >= 0.3 is 0 Å². The van der Waals surface area contributed by atoms with E-state index in [4.69, 9.17) is 9.47 Å². The zero-order valence-electron chi connectivity index (χ0n) is 18.9. The third-order valence-corrected chi connectivity index (χ3v) is 5.85. The Bertz CT molecular complexity index is 1050. The molecule has 0 unspecified atom stereocenters. The van der Waals surface area contributed by atoms with E-state index in [1.54, 1.807) is 20.3 Å². The molecule has 1 aliphatic heterocycles. The van der Waals surface area contributed by atoms with Gasteiger partial charge in [-0.25, -0.2) is 9.07 Å². The maximum absolute atomic E-state index is 14.3.